The number of nitrogens with zero attached hydrogens (tertiary/aromatic N) is 1. The number of benzene rings is 1. The topological polar surface area (TPSA) is 84.9 Å². The second-order valence-corrected chi connectivity index (χ2v) is 8.83. The van der Waals surface area contributed by atoms with E-state index in [-0.39, 0.29) is 30.0 Å². The second kappa shape index (κ2) is 7.21. The first-order valence-corrected chi connectivity index (χ1v) is 10.2. The molecule has 0 radical (unpaired) electrons. The Bertz CT molecular complexity index is 763. The third-order valence-corrected chi connectivity index (χ3v) is 6.53. The molecule has 1 aromatic carbocycles. The number of ether oxygens (including phenoxy) is 2. The predicted octanol–water partition coefficient (Wildman–Crippen LogP) is 0.365. The molecule has 1 atom stereocenters. The van der Waals surface area contributed by atoms with Crippen LogP contribution in [0.4, 0.5) is 0 Å². The lowest BCUT2D eigenvalue weighted by atomic mass is 9.99. The van der Waals surface area contributed by atoms with E-state index in [9.17, 15) is 13.2 Å². The number of sulfone groups is 1. The summed E-state index contributed by atoms with van der Waals surface area (Å²) in [5.74, 6) is 1.50. The molecule has 0 bridgehead atoms. The lowest BCUT2D eigenvalue weighted by Gasteiger charge is -2.29. The Morgan fingerprint density at radius 1 is 1.24 bits per heavy atom. The van der Waals surface area contributed by atoms with Crippen molar-refractivity contribution in [2.24, 2.45) is 0 Å². The van der Waals surface area contributed by atoms with Crippen molar-refractivity contribution in [2.45, 2.75) is 25.4 Å². The molecule has 1 saturated heterocycles. The van der Waals surface area contributed by atoms with E-state index >= 15 is 0 Å². The highest BCUT2D eigenvalue weighted by Gasteiger charge is 2.29. The summed E-state index contributed by atoms with van der Waals surface area (Å²) in [4.78, 5) is 14.3. The third kappa shape index (κ3) is 4.24. The summed E-state index contributed by atoms with van der Waals surface area (Å²) < 4.78 is 33.6. The Labute approximate surface area is 148 Å². The van der Waals surface area contributed by atoms with E-state index < -0.39 is 9.84 Å². The zero-order chi connectivity index (χ0) is 18.0. The maximum Gasteiger partial charge on any atom is 0.234 e. The van der Waals surface area contributed by atoms with Gasteiger partial charge in [-0.05, 0) is 36.1 Å². The summed E-state index contributed by atoms with van der Waals surface area (Å²) >= 11 is 0. The first-order chi connectivity index (χ1) is 11.9. The van der Waals surface area contributed by atoms with Crippen molar-refractivity contribution in [1.82, 2.24) is 10.2 Å². The number of rotatable bonds is 5. The fourth-order valence-corrected chi connectivity index (χ4v) is 5.14. The molecule has 1 aromatic rings. The molecule has 7 nitrogen and oxygen atoms in total. The van der Waals surface area contributed by atoms with Gasteiger partial charge in [0.05, 0.1) is 32.3 Å². The van der Waals surface area contributed by atoms with Gasteiger partial charge in [-0.1, -0.05) is 0 Å². The molecule has 0 aliphatic carbocycles. The van der Waals surface area contributed by atoms with Gasteiger partial charge >= 0.3 is 0 Å². The van der Waals surface area contributed by atoms with Crippen LogP contribution >= 0.6 is 0 Å². The minimum Gasteiger partial charge on any atom is -0.493 e. The van der Waals surface area contributed by atoms with Gasteiger partial charge in [-0.2, -0.15) is 0 Å². The van der Waals surface area contributed by atoms with Crippen molar-refractivity contribution in [3.8, 4) is 11.5 Å². The van der Waals surface area contributed by atoms with Crippen molar-refractivity contribution in [3.63, 3.8) is 0 Å². The van der Waals surface area contributed by atoms with Crippen molar-refractivity contribution < 1.29 is 22.7 Å². The summed E-state index contributed by atoms with van der Waals surface area (Å²) in [6.45, 7) is 1.70. The lowest BCUT2D eigenvalue weighted by Crippen LogP contribution is -2.44. The molecule has 138 valence electrons. The Morgan fingerprint density at radius 2 is 1.92 bits per heavy atom. The van der Waals surface area contributed by atoms with E-state index in [0.29, 0.717) is 18.7 Å². The van der Waals surface area contributed by atoms with Crippen LogP contribution in [0.15, 0.2) is 12.1 Å². The van der Waals surface area contributed by atoms with E-state index in [4.69, 9.17) is 9.47 Å². The van der Waals surface area contributed by atoms with Crippen LogP contribution in [-0.4, -0.2) is 64.1 Å². The molecule has 2 aliphatic heterocycles. The Hall–Kier alpha value is -1.80. The van der Waals surface area contributed by atoms with Gasteiger partial charge in [0, 0.05) is 19.1 Å². The number of carbonyl (C=O) groups excluding carboxylic acids is 1. The maximum absolute atomic E-state index is 12.2. The standard InChI is InChI=1S/C17H24N2O5S/c1-23-15-7-12-3-5-19(9-13(12)8-16(15)24-2)10-17(20)18-14-4-6-25(21,22)11-14/h7-8,14H,3-6,9-11H2,1-2H3,(H,18,20). The normalized spacial score (nSPS) is 22.2. The number of methoxy groups -OCH3 is 2. The molecule has 1 fully saturated rings. The van der Waals surface area contributed by atoms with E-state index in [1.807, 2.05) is 12.1 Å². The highest BCUT2D eigenvalue weighted by molar-refractivity contribution is 7.91. The Kier molecular flexibility index (Phi) is 5.19. The Morgan fingerprint density at radius 3 is 2.52 bits per heavy atom. The fraction of sp³-hybridized carbons (Fsp3) is 0.588. The van der Waals surface area contributed by atoms with Crippen molar-refractivity contribution in [3.05, 3.63) is 23.3 Å². The van der Waals surface area contributed by atoms with Gasteiger partial charge in [-0.25, -0.2) is 8.42 Å². The van der Waals surface area contributed by atoms with Gasteiger partial charge in [0.15, 0.2) is 21.3 Å². The minimum atomic E-state index is -2.98. The van der Waals surface area contributed by atoms with Crippen LogP contribution < -0.4 is 14.8 Å². The molecule has 2 aliphatic rings. The van der Waals surface area contributed by atoms with E-state index in [1.165, 1.54) is 5.56 Å². The maximum atomic E-state index is 12.2. The zero-order valence-electron chi connectivity index (χ0n) is 14.6. The minimum absolute atomic E-state index is 0.0541. The zero-order valence-corrected chi connectivity index (χ0v) is 15.4. The molecule has 0 aromatic heterocycles. The average Bonchev–Trinajstić information content (AvgIpc) is 2.91. The van der Waals surface area contributed by atoms with E-state index in [1.54, 1.807) is 14.2 Å². The molecule has 3 rings (SSSR count). The molecular weight excluding hydrogens is 344 g/mol. The number of carbonyl (C=O) groups is 1. The van der Waals surface area contributed by atoms with Crippen LogP contribution in [0.25, 0.3) is 0 Å². The van der Waals surface area contributed by atoms with E-state index in [2.05, 4.69) is 10.2 Å². The van der Waals surface area contributed by atoms with Crippen LogP contribution in [-0.2, 0) is 27.6 Å². The van der Waals surface area contributed by atoms with Gasteiger partial charge in [0.1, 0.15) is 0 Å². The van der Waals surface area contributed by atoms with Crippen molar-refractivity contribution in [1.29, 1.82) is 0 Å². The smallest absolute Gasteiger partial charge is 0.234 e. The van der Waals surface area contributed by atoms with Crippen molar-refractivity contribution >= 4 is 15.7 Å². The number of hydrogen-bond acceptors (Lipinski definition) is 6. The molecule has 1 unspecified atom stereocenters. The first kappa shape index (κ1) is 18.0. The van der Waals surface area contributed by atoms with Crippen LogP contribution in [0, 0.1) is 0 Å². The van der Waals surface area contributed by atoms with Crippen LogP contribution in [0.5, 0.6) is 11.5 Å². The lowest BCUT2D eigenvalue weighted by molar-refractivity contribution is -0.123. The molecular formula is C17H24N2O5S. The highest BCUT2D eigenvalue weighted by atomic mass is 32.2. The molecule has 25 heavy (non-hydrogen) atoms. The van der Waals surface area contributed by atoms with Gasteiger partial charge in [-0.15, -0.1) is 0 Å². The second-order valence-electron chi connectivity index (χ2n) is 6.60. The van der Waals surface area contributed by atoms with Gasteiger partial charge in [0.25, 0.3) is 0 Å². The number of hydrogen-bond donors (Lipinski definition) is 1. The van der Waals surface area contributed by atoms with Gasteiger partial charge in [0.2, 0.25) is 5.91 Å². The van der Waals surface area contributed by atoms with E-state index in [0.717, 1.165) is 24.3 Å². The number of nitrogens with one attached hydrogen (secondary N) is 1. The average molecular weight is 368 g/mol. The first-order valence-electron chi connectivity index (χ1n) is 8.36. The monoisotopic (exact) mass is 368 g/mol. The SMILES string of the molecule is COc1cc2c(cc1OC)CN(CC(=O)NC1CCS(=O)(=O)C1)CC2. The Balaban J connectivity index is 1.60. The summed E-state index contributed by atoms with van der Waals surface area (Å²) in [6.07, 6.45) is 1.34. The molecule has 2 heterocycles. The molecule has 0 saturated carbocycles. The van der Waals surface area contributed by atoms with Crippen molar-refractivity contribution in [2.75, 3.05) is 38.8 Å². The number of fused-ring (bicyclic) bond motifs is 1. The van der Waals surface area contributed by atoms with Crippen LogP contribution in [0.3, 0.4) is 0 Å². The van der Waals surface area contributed by atoms with Gasteiger partial charge in [-0.3, -0.25) is 9.69 Å². The van der Waals surface area contributed by atoms with Crippen LogP contribution in [0.2, 0.25) is 0 Å². The number of amides is 1. The highest BCUT2D eigenvalue weighted by Crippen LogP contribution is 2.33. The molecule has 8 heteroatoms. The summed E-state index contributed by atoms with van der Waals surface area (Å²) in [5, 5.41) is 2.84. The largest absolute Gasteiger partial charge is 0.493 e. The van der Waals surface area contributed by atoms with Gasteiger partial charge < -0.3 is 14.8 Å². The fourth-order valence-electron chi connectivity index (χ4n) is 3.46. The summed E-state index contributed by atoms with van der Waals surface area (Å²) in [6, 6.07) is 3.70. The molecule has 0 spiro atoms. The van der Waals surface area contributed by atoms with Crippen LogP contribution in [0.1, 0.15) is 17.5 Å². The predicted molar refractivity (Wildman–Crippen MR) is 93.7 cm³/mol. The molecule has 1 amide bonds. The third-order valence-electron chi connectivity index (χ3n) is 4.76. The quantitative estimate of drug-likeness (QED) is 0.808. The summed E-state index contributed by atoms with van der Waals surface area (Å²) in [5.41, 5.74) is 2.33. The molecule has 1 N–H and O–H groups in total. The summed E-state index contributed by atoms with van der Waals surface area (Å²) in [7, 11) is 0.241.